The molecule has 0 saturated heterocycles. The van der Waals surface area contributed by atoms with E-state index < -0.39 is 11.8 Å². The SMILES string of the molecule is COC(=O)c1cccc(-c2nc(-c3ccccc3F)no2)c1. The molecule has 1 heterocycles. The maximum absolute atomic E-state index is 13.7. The molecule has 0 fully saturated rings. The zero-order valence-electron chi connectivity index (χ0n) is 11.6. The topological polar surface area (TPSA) is 65.2 Å². The van der Waals surface area contributed by atoms with E-state index in [1.807, 2.05) is 0 Å². The molecule has 3 rings (SSSR count). The van der Waals surface area contributed by atoms with Crippen LogP contribution in [0.1, 0.15) is 10.4 Å². The number of carbonyl (C=O) groups is 1. The van der Waals surface area contributed by atoms with Gasteiger partial charge in [-0.1, -0.05) is 23.4 Å². The van der Waals surface area contributed by atoms with Crippen LogP contribution in [0.2, 0.25) is 0 Å². The van der Waals surface area contributed by atoms with Crippen LogP contribution in [0, 0.1) is 5.82 Å². The third-order valence-corrected chi connectivity index (χ3v) is 3.07. The molecule has 0 saturated carbocycles. The van der Waals surface area contributed by atoms with E-state index in [-0.39, 0.29) is 17.3 Å². The fraction of sp³-hybridized carbons (Fsp3) is 0.0625. The Balaban J connectivity index is 1.98. The number of carbonyl (C=O) groups excluding carboxylic acids is 1. The molecule has 0 aliphatic heterocycles. The van der Waals surface area contributed by atoms with Crippen LogP contribution in [0.3, 0.4) is 0 Å². The van der Waals surface area contributed by atoms with E-state index in [1.165, 1.54) is 13.2 Å². The van der Waals surface area contributed by atoms with Crippen molar-refractivity contribution in [3.05, 3.63) is 59.9 Å². The highest BCUT2D eigenvalue weighted by Gasteiger charge is 2.15. The van der Waals surface area contributed by atoms with E-state index in [0.29, 0.717) is 11.1 Å². The monoisotopic (exact) mass is 298 g/mol. The smallest absolute Gasteiger partial charge is 0.337 e. The van der Waals surface area contributed by atoms with E-state index in [4.69, 9.17) is 4.52 Å². The number of benzene rings is 2. The molecule has 0 aliphatic carbocycles. The average molecular weight is 298 g/mol. The van der Waals surface area contributed by atoms with Crippen LogP contribution in [0.25, 0.3) is 22.8 Å². The van der Waals surface area contributed by atoms with E-state index in [2.05, 4.69) is 14.9 Å². The zero-order valence-corrected chi connectivity index (χ0v) is 11.6. The molecule has 0 N–H and O–H groups in total. The van der Waals surface area contributed by atoms with Crippen molar-refractivity contribution < 1.29 is 18.4 Å². The molecule has 0 unspecified atom stereocenters. The number of hydrogen-bond donors (Lipinski definition) is 0. The summed E-state index contributed by atoms with van der Waals surface area (Å²) < 4.78 is 23.5. The van der Waals surface area contributed by atoms with E-state index in [9.17, 15) is 9.18 Å². The molecule has 6 heteroatoms. The summed E-state index contributed by atoms with van der Waals surface area (Å²) in [5.74, 6) is -0.547. The van der Waals surface area contributed by atoms with Crippen LogP contribution in [-0.4, -0.2) is 23.2 Å². The second-order valence-electron chi connectivity index (χ2n) is 4.48. The molecule has 0 spiro atoms. The first-order chi connectivity index (χ1) is 10.7. The maximum Gasteiger partial charge on any atom is 0.337 e. The van der Waals surface area contributed by atoms with E-state index >= 15 is 0 Å². The van der Waals surface area contributed by atoms with Crippen LogP contribution in [0.4, 0.5) is 4.39 Å². The van der Waals surface area contributed by atoms with Gasteiger partial charge in [0, 0.05) is 5.56 Å². The van der Waals surface area contributed by atoms with Crippen molar-refractivity contribution in [2.45, 2.75) is 0 Å². The van der Waals surface area contributed by atoms with Crippen molar-refractivity contribution in [3.63, 3.8) is 0 Å². The molecule has 22 heavy (non-hydrogen) atoms. The van der Waals surface area contributed by atoms with Crippen molar-refractivity contribution in [3.8, 4) is 22.8 Å². The number of nitrogens with zero attached hydrogens (tertiary/aromatic N) is 2. The highest BCUT2D eigenvalue weighted by Crippen LogP contribution is 2.24. The molecule has 5 nitrogen and oxygen atoms in total. The van der Waals surface area contributed by atoms with Crippen molar-refractivity contribution in [1.82, 2.24) is 10.1 Å². The lowest BCUT2D eigenvalue weighted by atomic mass is 10.1. The Labute approximate surface area is 125 Å². The fourth-order valence-corrected chi connectivity index (χ4v) is 1.99. The van der Waals surface area contributed by atoms with Gasteiger partial charge in [0.2, 0.25) is 5.82 Å². The van der Waals surface area contributed by atoms with Gasteiger partial charge in [-0.15, -0.1) is 0 Å². The van der Waals surface area contributed by atoms with Crippen LogP contribution in [-0.2, 0) is 4.74 Å². The summed E-state index contributed by atoms with van der Waals surface area (Å²) in [5, 5.41) is 3.78. The molecule has 1 aromatic heterocycles. The lowest BCUT2D eigenvalue weighted by Crippen LogP contribution is -2.00. The average Bonchev–Trinajstić information content (AvgIpc) is 3.04. The van der Waals surface area contributed by atoms with Gasteiger partial charge < -0.3 is 9.26 Å². The van der Waals surface area contributed by atoms with Gasteiger partial charge >= 0.3 is 5.97 Å². The number of ether oxygens (including phenoxy) is 1. The van der Waals surface area contributed by atoms with Gasteiger partial charge in [0.15, 0.2) is 0 Å². The lowest BCUT2D eigenvalue weighted by molar-refractivity contribution is 0.0601. The standard InChI is InChI=1S/C16H11FN2O3/c1-21-16(20)11-6-4-5-10(9-11)15-18-14(19-22-15)12-7-2-3-8-13(12)17/h2-9H,1H3. The third-order valence-electron chi connectivity index (χ3n) is 3.07. The molecule has 0 bridgehead atoms. The molecule has 110 valence electrons. The molecule has 0 aliphatic rings. The van der Waals surface area contributed by atoms with Crippen molar-refractivity contribution in [2.24, 2.45) is 0 Å². The van der Waals surface area contributed by atoms with Crippen molar-refractivity contribution >= 4 is 5.97 Å². The van der Waals surface area contributed by atoms with Gasteiger partial charge in [-0.05, 0) is 30.3 Å². The largest absolute Gasteiger partial charge is 0.465 e. The summed E-state index contributed by atoms with van der Waals surface area (Å²) in [6.45, 7) is 0. The second kappa shape index (κ2) is 5.77. The quantitative estimate of drug-likeness (QED) is 0.694. The summed E-state index contributed by atoms with van der Waals surface area (Å²) in [6, 6.07) is 12.7. The second-order valence-corrected chi connectivity index (χ2v) is 4.48. The Hall–Kier alpha value is -3.02. The minimum Gasteiger partial charge on any atom is -0.465 e. The Bertz CT molecular complexity index is 830. The first-order valence-electron chi connectivity index (χ1n) is 6.46. The number of rotatable bonds is 3. The first kappa shape index (κ1) is 13.9. The normalized spacial score (nSPS) is 10.5. The summed E-state index contributed by atoms with van der Waals surface area (Å²) in [7, 11) is 1.30. The number of aromatic nitrogens is 2. The summed E-state index contributed by atoms with van der Waals surface area (Å²) in [4.78, 5) is 15.7. The predicted molar refractivity (Wildman–Crippen MR) is 76.5 cm³/mol. The molecule has 0 radical (unpaired) electrons. The van der Waals surface area contributed by atoms with E-state index in [1.54, 1.807) is 42.5 Å². The predicted octanol–water partition coefficient (Wildman–Crippen LogP) is 3.33. The first-order valence-corrected chi connectivity index (χ1v) is 6.46. The molecule has 3 aromatic rings. The third kappa shape index (κ3) is 2.58. The molecule has 2 aromatic carbocycles. The summed E-state index contributed by atoms with van der Waals surface area (Å²) >= 11 is 0. The number of esters is 1. The Morgan fingerprint density at radius 2 is 2.00 bits per heavy atom. The van der Waals surface area contributed by atoms with Gasteiger partial charge in [-0.2, -0.15) is 4.98 Å². The number of halogens is 1. The number of methoxy groups -OCH3 is 1. The van der Waals surface area contributed by atoms with Crippen molar-refractivity contribution in [2.75, 3.05) is 7.11 Å². The maximum atomic E-state index is 13.7. The minimum absolute atomic E-state index is 0.150. The molecular formula is C16H11FN2O3. The van der Waals surface area contributed by atoms with Gasteiger partial charge in [0.25, 0.3) is 5.89 Å². The Kier molecular flexibility index (Phi) is 3.65. The van der Waals surface area contributed by atoms with Crippen LogP contribution in [0.5, 0.6) is 0 Å². The zero-order chi connectivity index (χ0) is 15.5. The van der Waals surface area contributed by atoms with Crippen molar-refractivity contribution in [1.29, 1.82) is 0 Å². The van der Waals surface area contributed by atoms with Crippen LogP contribution < -0.4 is 0 Å². The number of hydrogen-bond acceptors (Lipinski definition) is 5. The van der Waals surface area contributed by atoms with Gasteiger partial charge in [-0.3, -0.25) is 0 Å². The lowest BCUT2D eigenvalue weighted by Gasteiger charge is -2.00. The molecule has 0 amide bonds. The van der Waals surface area contributed by atoms with Gasteiger partial charge in [-0.25, -0.2) is 9.18 Å². The molecular weight excluding hydrogens is 287 g/mol. The summed E-state index contributed by atoms with van der Waals surface area (Å²) in [6.07, 6.45) is 0. The van der Waals surface area contributed by atoms with Gasteiger partial charge in [0.05, 0.1) is 18.2 Å². The highest BCUT2D eigenvalue weighted by molar-refractivity contribution is 5.90. The van der Waals surface area contributed by atoms with E-state index in [0.717, 1.165) is 0 Å². The Morgan fingerprint density at radius 1 is 1.18 bits per heavy atom. The molecule has 0 atom stereocenters. The Morgan fingerprint density at radius 3 is 2.77 bits per heavy atom. The highest BCUT2D eigenvalue weighted by atomic mass is 19.1. The van der Waals surface area contributed by atoms with Crippen LogP contribution >= 0.6 is 0 Å². The minimum atomic E-state index is -0.462. The fourth-order valence-electron chi connectivity index (χ4n) is 1.99. The van der Waals surface area contributed by atoms with Gasteiger partial charge in [0.1, 0.15) is 5.82 Å². The van der Waals surface area contributed by atoms with Crippen LogP contribution in [0.15, 0.2) is 53.1 Å². The summed E-state index contributed by atoms with van der Waals surface area (Å²) in [5.41, 5.74) is 1.17.